The predicted molar refractivity (Wildman–Crippen MR) is 72.3 cm³/mol. The summed E-state index contributed by atoms with van der Waals surface area (Å²) in [7, 11) is 1.52. The minimum absolute atomic E-state index is 0.0873. The molecule has 0 aliphatic rings. The lowest BCUT2D eigenvalue weighted by atomic mass is 10.1. The number of allylic oxidation sites excluding steroid dienone is 1. The van der Waals surface area contributed by atoms with Crippen LogP contribution < -0.4 is 4.74 Å². The molecule has 0 radical (unpaired) electrons. The molecule has 0 aliphatic carbocycles. The smallest absolute Gasteiger partial charge is 0.204 e. The Labute approximate surface area is 111 Å². The van der Waals surface area contributed by atoms with Crippen LogP contribution in [0.1, 0.15) is 16.1 Å². The van der Waals surface area contributed by atoms with Gasteiger partial charge in [0.05, 0.1) is 7.11 Å². The fraction of sp³-hybridized carbons (Fsp3) is 0.0667. The van der Waals surface area contributed by atoms with E-state index in [1.165, 1.54) is 19.3 Å². The normalized spacial score (nSPS) is 10.6. The third-order valence-corrected chi connectivity index (χ3v) is 2.49. The minimum Gasteiger partial charge on any atom is -0.508 e. The molecule has 0 atom stereocenters. The van der Waals surface area contributed by atoms with Crippen LogP contribution >= 0.6 is 0 Å². The molecule has 19 heavy (non-hydrogen) atoms. The van der Waals surface area contributed by atoms with E-state index in [1.54, 1.807) is 42.6 Å². The van der Waals surface area contributed by atoms with Crippen molar-refractivity contribution in [2.75, 3.05) is 7.11 Å². The van der Waals surface area contributed by atoms with Crippen molar-refractivity contribution in [3.8, 4) is 11.5 Å². The quantitative estimate of drug-likeness (QED) is 0.674. The van der Waals surface area contributed by atoms with Crippen LogP contribution in [0.25, 0.3) is 6.08 Å². The molecule has 2 rings (SSSR count). The third kappa shape index (κ3) is 3.42. The Bertz CT molecular complexity index is 606. The number of carbonyl (C=O) groups is 1. The van der Waals surface area contributed by atoms with E-state index in [0.29, 0.717) is 17.0 Å². The monoisotopic (exact) mass is 255 g/mol. The number of aromatic nitrogens is 1. The van der Waals surface area contributed by atoms with Crippen molar-refractivity contribution in [3.05, 3.63) is 59.9 Å². The molecule has 0 unspecified atom stereocenters. The van der Waals surface area contributed by atoms with Crippen LogP contribution in [0.3, 0.4) is 0 Å². The highest BCUT2D eigenvalue weighted by Crippen LogP contribution is 2.22. The number of benzene rings is 1. The Morgan fingerprint density at radius 3 is 2.84 bits per heavy atom. The second-order valence-electron chi connectivity index (χ2n) is 3.88. The molecule has 1 aromatic carbocycles. The summed E-state index contributed by atoms with van der Waals surface area (Å²) in [4.78, 5) is 15.8. The first-order valence-corrected chi connectivity index (χ1v) is 5.70. The molecule has 4 nitrogen and oxygen atoms in total. The molecule has 0 amide bonds. The SMILES string of the molecule is COc1cc(O)cc(/C=C/C(=O)c2ccccn2)c1. The number of carbonyl (C=O) groups excluding carboxylic acids is 1. The third-order valence-electron chi connectivity index (χ3n) is 2.49. The summed E-state index contributed by atoms with van der Waals surface area (Å²) in [5.74, 6) is 0.428. The van der Waals surface area contributed by atoms with Gasteiger partial charge in [-0.1, -0.05) is 12.1 Å². The molecule has 0 fully saturated rings. The highest BCUT2D eigenvalue weighted by Gasteiger charge is 2.02. The lowest BCUT2D eigenvalue weighted by molar-refractivity contribution is 0.104. The number of methoxy groups -OCH3 is 1. The van der Waals surface area contributed by atoms with E-state index in [0.717, 1.165) is 0 Å². The molecule has 1 aromatic heterocycles. The molecule has 0 saturated carbocycles. The van der Waals surface area contributed by atoms with E-state index in [1.807, 2.05) is 0 Å². The number of hydrogen-bond acceptors (Lipinski definition) is 4. The number of phenols is 1. The van der Waals surface area contributed by atoms with Crippen molar-refractivity contribution in [2.24, 2.45) is 0 Å². The van der Waals surface area contributed by atoms with Crippen molar-refractivity contribution < 1.29 is 14.6 Å². The molecule has 1 N–H and O–H groups in total. The average Bonchev–Trinajstić information content (AvgIpc) is 2.45. The second-order valence-corrected chi connectivity index (χ2v) is 3.88. The lowest BCUT2D eigenvalue weighted by Gasteiger charge is -2.02. The van der Waals surface area contributed by atoms with Gasteiger partial charge in [-0.15, -0.1) is 0 Å². The van der Waals surface area contributed by atoms with Gasteiger partial charge in [-0.2, -0.15) is 0 Å². The maximum atomic E-state index is 11.8. The fourth-order valence-electron chi connectivity index (χ4n) is 1.59. The number of hydrogen-bond donors (Lipinski definition) is 1. The van der Waals surface area contributed by atoms with Gasteiger partial charge in [-0.25, -0.2) is 0 Å². The molecule has 2 aromatic rings. The molecule has 96 valence electrons. The maximum Gasteiger partial charge on any atom is 0.204 e. The zero-order chi connectivity index (χ0) is 13.7. The van der Waals surface area contributed by atoms with Crippen LogP contribution in [-0.2, 0) is 0 Å². The summed E-state index contributed by atoms with van der Waals surface area (Å²) in [6.45, 7) is 0. The summed E-state index contributed by atoms with van der Waals surface area (Å²) in [5.41, 5.74) is 1.06. The highest BCUT2D eigenvalue weighted by molar-refractivity contribution is 6.05. The molecular weight excluding hydrogens is 242 g/mol. The van der Waals surface area contributed by atoms with Crippen LogP contribution in [0.5, 0.6) is 11.5 Å². The van der Waals surface area contributed by atoms with E-state index in [-0.39, 0.29) is 11.5 Å². The molecule has 0 spiro atoms. The zero-order valence-electron chi connectivity index (χ0n) is 10.4. The van der Waals surface area contributed by atoms with Crippen molar-refractivity contribution >= 4 is 11.9 Å². The number of ketones is 1. The highest BCUT2D eigenvalue weighted by atomic mass is 16.5. The van der Waals surface area contributed by atoms with Crippen molar-refractivity contribution in [1.29, 1.82) is 0 Å². The van der Waals surface area contributed by atoms with E-state index in [2.05, 4.69) is 4.98 Å². The number of nitrogens with zero attached hydrogens (tertiary/aromatic N) is 1. The van der Waals surface area contributed by atoms with Gasteiger partial charge in [-0.05, 0) is 35.9 Å². The van der Waals surface area contributed by atoms with E-state index in [9.17, 15) is 9.90 Å². The molecule has 4 heteroatoms. The Kier molecular flexibility index (Phi) is 3.93. The number of ether oxygens (including phenoxy) is 1. The van der Waals surface area contributed by atoms with Crippen LogP contribution in [0.15, 0.2) is 48.7 Å². The summed E-state index contributed by atoms with van der Waals surface area (Å²) in [6.07, 6.45) is 4.59. The lowest BCUT2D eigenvalue weighted by Crippen LogP contribution is -1.96. The first-order chi connectivity index (χ1) is 9.19. The van der Waals surface area contributed by atoms with Gasteiger partial charge in [0.1, 0.15) is 17.2 Å². The molecule has 0 saturated heterocycles. The maximum absolute atomic E-state index is 11.8. The van der Waals surface area contributed by atoms with Gasteiger partial charge in [0.2, 0.25) is 5.78 Å². The van der Waals surface area contributed by atoms with Crippen molar-refractivity contribution in [2.45, 2.75) is 0 Å². The van der Waals surface area contributed by atoms with Gasteiger partial charge < -0.3 is 9.84 Å². The van der Waals surface area contributed by atoms with Gasteiger partial charge in [-0.3, -0.25) is 9.78 Å². The summed E-state index contributed by atoms with van der Waals surface area (Å²) in [6, 6.07) is 9.92. The topological polar surface area (TPSA) is 59.4 Å². The van der Waals surface area contributed by atoms with E-state index in [4.69, 9.17) is 4.74 Å². The molecule has 0 aliphatic heterocycles. The molecular formula is C15H13NO3. The first-order valence-electron chi connectivity index (χ1n) is 5.70. The first kappa shape index (κ1) is 12.8. The minimum atomic E-state index is -0.192. The Morgan fingerprint density at radius 2 is 2.16 bits per heavy atom. The average molecular weight is 255 g/mol. The van der Waals surface area contributed by atoms with Crippen LogP contribution in [0, 0.1) is 0 Å². The van der Waals surface area contributed by atoms with Crippen LogP contribution in [0.2, 0.25) is 0 Å². The number of aromatic hydroxyl groups is 1. The van der Waals surface area contributed by atoms with E-state index < -0.39 is 0 Å². The van der Waals surface area contributed by atoms with Crippen LogP contribution in [0.4, 0.5) is 0 Å². The molecule has 1 heterocycles. The molecule has 0 bridgehead atoms. The van der Waals surface area contributed by atoms with Gasteiger partial charge in [0.25, 0.3) is 0 Å². The standard InChI is InChI=1S/C15H13NO3/c1-19-13-9-11(8-12(17)10-13)5-6-15(18)14-4-2-3-7-16-14/h2-10,17H,1H3/b6-5+. The number of phenolic OH excluding ortho intramolecular Hbond substituents is 1. The van der Waals surface area contributed by atoms with Gasteiger partial charge in [0, 0.05) is 12.3 Å². The Balaban J connectivity index is 2.19. The largest absolute Gasteiger partial charge is 0.508 e. The van der Waals surface area contributed by atoms with Gasteiger partial charge in [0.15, 0.2) is 0 Å². The summed E-state index contributed by atoms with van der Waals surface area (Å²) < 4.78 is 5.04. The van der Waals surface area contributed by atoms with Crippen molar-refractivity contribution in [1.82, 2.24) is 4.98 Å². The Morgan fingerprint density at radius 1 is 1.32 bits per heavy atom. The predicted octanol–water partition coefficient (Wildman–Crippen LogP) is 2.69. The number of rotatable bonds is 4. The van der Waals surface area contributed by atoms with Crippen molar-refractivity contribution in [3.63, 3.8) is 0 Å². The Hall–Kier alpha value is -2.62. The van der Waals surface area contributed by atoms with E-state index >= 15 is 0 Å². The van der Waals surface area contributed by atoms with Gasteiger partial charge >= 0.3 is 0 Å². The second kappa shape index (κ2) is 5.82. The fourth-order valence-corrected chi connectivity index (χ4v) is 1.59. The summed E-state index contributed by atoms with van der Waals surface area (Å²) >= 11 is 0. The summed E-state index contributed by atoms with van der Waals surface area (Å²) in [5, 5.41) is 9.50. The zero-order valence-corrected chi connectivity index (χ0v) is 10.4. The number of pyridine rings is 1. The van der Waals surface area contributed by atoms with Crippen LogP contribution in [-0.4, -0.2) is 23.0 Å².